The standard InChI is InChI=1S/C9H16F2N4/c1-14(2)3-4-15-8(9(10)11)7(5-12)6-13-15/h6,9H,3-5,12H2,1-2H3. The molecule has 4 nitrogen and oxygen atoms in total. The second-order valence-corrected chi connectivity index (χ2v) is 3.59. The lowest BCUT2D eigenvalue weighted by Crippen LogP contribution is -2.20. The molecule has 1 heterocycles. The van der Waals surface area contributed by atoms with Gasteiger partial charge in [0.15, 0.2) is 0 Å². The highest BCUT2D eigenvalue weighted by Crippen LogP contribution is 2.22. The monoisotopic (exact) mass is 218 g/mol. The summed E-state index contributed by atoms with van der Waals surface area (Å²) in [5, 5.41) is 3.91. The molecule has 0 fully saturated rings. The van der Waals surface area contributed by atoms with E-state index in [-0.39, 0.29) is 12.2 Å². The van der Waals surface area contributed by atoms with E-state index in [1.165, 1.54) is 10.9 Å². The van der Waals surface area contributed by atoms with E-state index in [1.807, 2.05) is 19.0 Å². The largest absolute Gasteiger partial charge is 0.326 e. The number of halogens is 2. The van der Waals surface area contributed by atoms with Gasteiger partial charge >= 0.3 is 0 Å². The predicted octanol–water partition coefficient (Wildman–Crippen LogP) is 0.841. The molecule has 0 saturated heterocycles. The Kier molecular flexibility index (Phi) is 4.16. The maximum absolute atomic E-state index is 12.7. The highest BCUT2D eigenvalue weighted by molar-refractivity contribution is 5.18. The molecular formula is C9H16F2N4. The summed E-state index contributed by atoms with van der Waals surface area (Å²) in [5.41, 5.74) is 5.72. The summed E-state index contributed by atoms with van der Waals surface area (Å²) in [6.45, 7) is 1.22. The van der Waals surface area contributed by atoms with Crippen LogP contribution in [0.2, 0.25) is 0 Å². The van der Waals surface area contributed by atoms with Gasteiger partial charge in [0, 0.05) is 18.7 Å². The van der Waals surface area contributed by atoms with Gasteiger partial charge in [0.05, 0.1) is 12.7 Å². The van der Waals surface area contributed by atoms with Crippen LogP contribution in [0, 0.1) is 0 Å². The molecule has 0 aliphatic carbocycles. The molecule has 0 aliphatic heterocycles. The zero-order valence-electron chi connectivity index (χ0n) is 8.95. The number of likely N-dealkylation sites (N-methyl/N-ethyl adjacent to an activating group) is 1. The average molecular weight is 218 g/mol. The van der Waals surface area contributed by atoms with E-state index in [2.05, 4.69) is 5.10 Å². The fourth-order valence-electron chi connectivity index (χ4n) is 1.32. The maximum Gasteiger partial charge on any atom is 0.280 e. The van der Waals surface area contributed by atoms with E-state index in [1.54, 1.807) is 0 Å². The summed E-state index contributed by atoms with van der Waals surface area (Å²) in [6.07, 6.45) is -1.11. The molecule has 2 N–H and O–H groups in total. The van der Waals surface area contributed by atoms with Crippen LogP contribution in [0.1, 0.15) is 17.7 Å². The van der Waals surface area contributed by atoms with E-state index in [4.69, 9.17) is 5.73 Å². The van der Waals surface area contributed by atoms with Crippen molar-refractivity contribution in [3.05, 3.63) is 17.5 Å². The third-order valence-corrected chi connectivity index (χ3v) is 2.15. The lowest BCUT2D eigenvalue weighted by molar-refractivity contribution is 0.137. The molecule has 0 radical (unpaired) electrons. The number of rotatable bonds is 5. The first kappa shape index (κ1) is 12.1. The van der Waals surface area contributed by atoms with Crippen molar-refractivity contribution in [2.45, 2.75) is 19.5 Å². The van der Waals surface area contributed by atoms with Crippen LogP contribution < -0.4 is 5.73 Å². The molecule has 0 bridgehead atoms. The van der Waals surface area contributed by atoms with Crippen molar-refractivity contribution in [3.63, 3.8) is 0 Å². The SMILES string of the molecule is CN(C)CCn1ncc(CN)c1C(F)F. The van der Waals surface area contributed by atoms with Crippen molar-refractivity contribution in [1.29, 1.82) is 0 Å². The summed E-state index contributed by atoms with van der Waals surface area (Å²) in [4.78, 5) is 1.92. The highest BCUT2D eigenvalue weighted by atomic mass is 19.3. The lowest BCUT2D eigenvalue weighted by atomic mass is 10.2. The molecule has 0 atom stereocenters. The molecule has 0 saturated carbocycles. The minimum atomic E-state index is -2.52. The van der Waals surface area contributed by atoms with Crippen LogP contribution in [0.25, 0.3) is 0 Å². The smallest absolute Gasteiger partial charge is 0.280 e. The number of aromatic nitrogens is 2. The van der Waals surface area contributed by atoms with Crippen molar-refractivity contribution in [3.8, 4) is 0 Å². The van der Waals surface area contributed by atoms with Gasteiger partial charge in [0.25, 0.3) is 6.43 Å². The van der Waals surface area contributed by atoms with Crippen LogP contribution >= 0.6 is 0 Å². The fraction of sp³-hybridized carbons (Fsp3) is 0.667. The molecule has 1 aromatic heterocycles. The Morgan fingerprint density at radius 1 is 1.53 bits per heavy atom. The molecule has 6 heteroatoms. The summed E-state index contributed by atoms with van der Waals surface area (Å²) in [7, 11) is 3.77. The van der Waals surface area contributed by atoms with Gasteiger partial charge < -0.3 is 10.6 Å². The van der Waals surface area contributed by atoms with Gasteiger partial charge in [0.1, 0.15) is 5.69 Å². The summed E-state index contributed by atoms with van der Waals surface area (Å²) >= 11 is 0. The van der Waals surface area contributed by atoms with Gasteiger partial charge in [-0.2, -0.15) is 5.10 Å². The van der Waals surface area contributed by atoms with E-state index >= 15 is 0 Å². The van der Waals surface area contributed by atoms with Crippen LogP contribution in [-0.4, -0.2) is 35.3 Å². The molecule has 0 spiro atoms. The molecule has 0 aliphatic rings. The molecule has 15 heavy (non-hydrogen) atoms. The first-order valence-electron chi connectivity index (χ1n) is 4.73. The number of nitrogens with zero attached hydrogens (tertiary/aromatic N) is 3. The summed E-state index contributed by atoms with van der Waals surface area (Å²) in [5.74, 6) is 0. The summed E-state index contributed by atoms with van der Waals surface area (Å²) < 4.78 is 26.7. The minimum absolute atomic E-state index is 0.0562. The van der Waals surface area contributed by atoms with E-state index in [9.17, 15) is 8.78 Å². The number of alkyl halides is 2. The van der Waals surface area contributed by atoms with Gasteiger partial charge in [-0.3, -0.25) is 4.68 Å². The average Bonchev–Trinajstić information content (AvgIpc) is 2.57. The van der Waals surface area contributed by atoms with Crippen molar-refractivity contribution in [2.75, 3.05) is 20.6 Å². The normalized spacial score (nSPS) is 11.7. The molecule has 0 aromatic carbocycles. The number of hydrogen-bond acceptors (Lipinski definition) is 3. The van der Waals surface area contributed by atoms with Gasteiger partial charge in [-0.1, -0.05) is 0 Å². The van der Waals surface area contributed by atoms with Crippen molar-refractivity contribution >= 4 is 0 Å². The van der Waals surface area contributed by atoms with Crippen LogP contribution in [0.5, 0.6) is 0 Å². The van der Waals surface area contributed by atoms with Crippen LogP contribution in [0.4, 0.5) is 8.78 Å². The third kappa shape index (κ3) is 2.97. The second kappa shape index (κ2) is 5.18. The Morgan fingerprint density at radius 3 is 2.67 bits per heavy atom. The zero-order valence-corrected chi connectivity index (χ0v) is 8.95. The van der Waals surface area contributed by atoms with E-state index in [0.717, 1.165) is 0 Å². The van der Waals surface area contributed by atoms with Gasteiger partial charge in [0.2, 0.25) is 0 Å². The van der Waals surface area contributed by atoms with Crippen molar-refractivity contribution in [1.82, 2.24) is 14.7 Å². The minimum Gasteiger partial charge on any atom is -0.326 e. The van der Waals surface area contributed by atoms with Gasteiger partial charge in [-0.05, 0) is 14.1 Å². The van der Waals surface area contributed by atoms with E-state index < -0.39 is 6.43 Å². The third-order valence-electron chi connectivity index (χ3n) is 2.15. The lowest BCUT2D eigenvalue weighted by Gasteiger charge is -2.12. The van der Waals surface area contributed by atoms with Crippen LogP contribution in [0.3, 0.4) is 0 Å². The van der Waals surface area contributed by atoms with Gasteiger partial charge in [-0.25, -0.2) is 8.78 Å². The molecule has 0 unspecified atom stereocenters. The molecule has 0 amide bonds. The first-order chi connectivity index (χ1) is 7.06. The topological polar surface area (TPSA) is 47.1 Å². The van der Waals surface area contributed by atoms with Crippen molar-refractivity contribution < 1.29 is 8.78 Å². The van der Waals surface area contributed by atoms with Crippen molar-refractivity contribution in [2.24, 2.45) is 5.73 Å². The first-order valence-corrected chi connectivity index (χ1v) is 4.73. The number of hydrogen-bond donors (Lipinski definition) is 1. The molecule has 1 aromatic rings. The Hall–Kier alpha value is -1.01. The highest BCUT2D eigenvalue weighted by Gasteiger charge is 2.18. The quantitative estimate of drug-likeness (QED) is 0.796. The second-order valence-electron chi connectivity index (χ2n) is 3.59. The summed E-state index contributed by atoms with van der Waals surface area (Å²) in [6, 6.07) is 0. The van der Waals surface area contributed by atoms with Crippen LogP contribution in [0.15, 0.2) is 6.20 Å². The Bertz CT molecular complexity index is 309. The Balaban J connectivity index is 2.82. The van der Waals surface area contributed by atoms with Crippen LogP contribution in [-0.2, 0) is 13.1 Å². The van der Waals surface area contributed by atoms with Gasteiger partial charge in [-0.15, -0.1) is 0 Å². The zero-order chi connectivity index (χ0) is 11.4. The predicted molar refractivity (Wildman–Crippen MR) is 53.6 cm³/mol. The number of nitrogens with two attached hydrogens (primary N) is 1. The Labute approximate surface area is 87.7 Å². The van der Waals surface area contributed by atoms with E-state index in [0.29, 0.717) is 18.7 Å². The Morgan fingerprint density at radius 2 is 2.20 bits per heavy atom. The maximum atomic E-state index is 12.7. The molecule has 1 rings (SSSR count). The fourth-order valence-corrected chi connectivity index (χ4v) is 1.32. The molecular weight excluding hydrogens is 202 g/mol. The molecule has 86 valence electrons.